The van der Waals surface area contributed by atoms with Gasteiger partial charge in [0.15, 0.2) is 5.71 Å². The second-order valence-corrected chi connectivity index (χ2v) is 42.2. The third kappa shape index (κ3) is 28.7. The van der Waals surface area contributed by atoms with Crippen LogP contribution in [-0.4, -0.2) is 217 Å². The van der Waals surface area contributed by atoms with Crippen LogP contribution in [0, 0.1) is 25.5 Å². The lowest BCUT2D eigenvalue weighted by Crippen LogP contribution is -2.53. The first kappa shape index (κ1) is 109. The van der Waals surface area contributed by atoms with E-state index in [1.807, 2.05) is 62.1 Å². The van der Waals surface area contributed by atoms with E-state index >= 15 is 8.78 Å². The van der Waals surface area contributed by atoms with Crippen LogP contribution in [0.15, 0.2) is 195 Å². The van der Waals surface area contributed by atoms with Gasteiger partial charge in [0.1, 0.15) is 53.9 Å². The molecule has 3 aliphatic heterocycles. The predicted molar refractivity (Wildman–Crippen MR) is 525 cm³/mol. The van der Waals surface area contributed by atoms with Crippen molar-refractivity contribution in [3.8, 4) is 16.9 Å². The average Bonchev–Trinajstić information content (AvgIpc) is 1.54. The molecule has 7 aromatic rings. The molecule has 6 atom stereocenters. The van der Waals surface area contributed by atoms with E-state index < -0.39 is 220 Å². The number of halogens is 2. The first-order chi connectivity index (χ1) is 67.0. The highest BCUT2D eigenvalue weighted by Crippen LogP contribution is 2.50. The molecule has 37 nitrogen and oxygen atoms in total. The zero-order valence-corrected chi connectivity index (χ0v) is 82.3. The number of hydrogen-bond acceptors (Lipinski definition) is 23. The molecule has 142 heavy (non-hydrogen) atoms. The Balaban J connectivity index is 0.639. The number of carboxylic acid groups (broad SMARTS) is 3. The smallest absolute Gasteiger partial charge is 0.331 e. The number of aryl methyl sites for hydroxylation is 3. The maximum atomic E-state index is 15.1. The number of unbranched alkanes of at least 4 members (excludes halogenated alkanes) is 2. The molecule has 0 spiro atoms. The number of carbonyl (C=O) groups excluding carboxylic acids is 7. The van der Waals surface area contributed by atoms with Crippen LogP contribution in [0.3, 0.4) is 0 Å². The number of allylic oxidation sites excluding steroid dienone is 7. The SMILES string of the molecule is Cc1ccc2c(c1)C(C)(C)C(/C=C/C1=C(Oc3ccc(CCC(=O)NCCN4C(=O)CC(SCC(NC(=O)C(N)CNC(=O)CCC(NC(=O)CCC(NC(=O)CCc5cccc(-c6c(C)n(Cc7c(F)cccc7F)c(=O)n(C[C@H](N)c7ccccc7)c6=O)c5)C(=O)O)C(=O)O)C(=O)O)C4=O)cc3)C(=C/C=C3/N(CCCCS(=O)(=O)O)c4ccc(S(=O)(=O)O)cc4C3(C)C)/CCC1)=[N+]2CCCCS(=O)(=O)O. The van der Waals surface area contributed by atoms with Crippen LogP contribution in [0.1, 0.15) is 168 Å². The number of nitrogens with one attached hydrogen (secondary N) is 5. The van der Waals surface area contributed by atoms with Crippen molar-refractivity contribution in [1.29, 1.82) is 0 Å². The maximum absolute atomic E-state index is 15.1. The number of ether oxygens (including phenoxy) is 1. The molecule has 43 heteroatoms. The minimum atomic E-state index is -4.62. The molecule has 11 rings (SSSR count). The maximum Gasteiger partial charge on any atom is 0.331 e. The van der Waals surface area contributed by atoms with E-state index in [2.05, 4.69) is 51.1 Å². The summed E-state index contributed by atoms with van der Waals surface area (Å²) in [5, 5.41) is 40.9. The molecule has 0 radical (unpaired) electrons. The van der Waals surface area contributed by atoms with Crippen molar-refractivity contribution >= 4 is 118 Å². The molecule has 760 valence electrons. The van der Waals surface area contributed by atoms with E-state index in [-0.39, 0.29) is 92.8 Å². The third-order valence-electron chi connectivity index (χ3n) is 25.3. The molecule has 1 aromatic heterocycles. The van der Waals surface area contributed by atoms with Crippen molar-refractivity contribution in [2.75, 3.05) is 54.9 Å². The number of likely N-dealkylation sites (tertiary alicyclic amines) is 1. The van der Waals surface area contributed by atoms with Gasteiger partial charge in [-0.15, -0.1) is 11.8 Å². The summed E-state index contributed by atoms with van der Waals surface area (Å²) >= 11 is 0.771. The monoisotopic (exact) mass is 2040 g/mol. The Kier molecular flexibility index (Phi) is 36.8. The summed E-state index contributed by atoms with van der Waals surface area (Å²) in [5.41, 5.74) is 18.7. The number of aromatic nitrogens is 2. The lowest BCUT2D eigenvalue weighted by Gasteiger charge is -2.27. The number of fused-ring (bicyclic) bond motifs is 2. The number of thioether (sulfide) groups is 1. The van der Waals surface area contributed by atoms with Gasteiger partial charge in [-0.25, -0.2) is 28.0 Å². The normalized spacial score (nSPS) is 16.8. The van der Waals surface area contributed by atoms with Crippen LogP contribution in [-0.2, 0) is 115 Å². The highest BCUT2D eigenvalue weighted by atomic mass is 32.2. The molecule has 4 aliphatic rings. The van der Waals surface area contributed by atoms with Gasteiger partial charge >= 0.3 is 23.6 Å². The topological polar surface area (TPSA) is 569 Å². The molecular formula is C99H117F2N12O25S4+. The molecule has 5 unspecified atom stereocenters. The second-order valence-electron chi connectivity index (χ2n) is 36.4. The quantitative estimate of drug-likeness (QED) is 0.00739. The standard InChI is InChI=1S/C99H116F2N12O25S4/c1-59-25-37-79-70(51-59)98(3,4)82(109(79)46-10-12-49-140(129,130)131)39-30-64-20-15-21-65(31-40-83-99(5,6)71-53-68(142(135,136)137)34-38-80(71)110(83)47-11-13-50-141(132,133)134)90(64)138-67-32-26-61(27-33-67)28-41-84(114)104-45-48-111-88(118)54-81(92(111)120)139-58-78(96(126)127)108-91(119)74(102)55-105-85(115)43-35-76(94(122)123)107-87(117)44-36-77(95(124)125)106-86(116)42-29-62-17-14-22-66(52-62)89-60(2)112(56-69-72(100)23-16-24-73(69)101)97(128)113(93(89)121)57-75(103)63-18-8-7-9-19-63/h7-9,14,16-19,22-27,30-34,37-40,51-53,74-78,81H,10-13,15,20-21,28-29,35-36,41-50,54-58,102-103H2,1-6H3,(H10-,104,105,106,107,108,114,115,116,117,119,122,123,124,125,126,127,129,130,131,132,133,134,135,136,137)/p+1/t74?,75-,76?,77?,78?,81?/m0/s1. The summed E-state index contributed by atoms with van der Waals surface area (Å²) in [6.07, 6.45) is 8.07. The molecule has 7 amide bonds. The van der Waals surface area contributed by atoms with Gasteiger partial charge in [0, 0.05) is 122 Å². The number of carboxylic acids is 3. The Morgan fingerprint density at radius 2 is 1.24 bits per heavy atom. The second kappa shape index (κ2) is 47.7. The lowest BCUT2D eigenvalue weighted by atomic mass is 9.80. The number of benzene rings is 6. The number of nitrogens with two attached hydrogens (primary N) is 2. The zero-order valence-electron chi connectivity index (χ0n) is 79.1. The number of carbonyl (C=O) groups is 10. The molecule has 1 fully saturated rings. The number of hydrogen-bond donors (Lipinski definition) is 13. The van der Waals surface area contributed by atoms with Gasteiger partial charge in [-0.1, -0.05) is 104 Å². The molecule has 15 N–H and O–H groups in total. The first-order valence-corrected chi connectivity index (χ1v) is 51.8. The Labute approximate surface area is 823 Å². The number of aliphatic carboxylic acids is 3. The molecule has 4 heterocycles. The van der Waals surface area contributed by atoms with E-state index in [9.17, 15) is 112 Å². The van der Waals surface area contributed by atoms with Gasteiger partial charge < -0.3 is 63.0 Å². The van der Waals surface area contributed by atoms with Gasteiger partial charge in [-0.2, -0.15) is 29.8 Å². The number of nitrogens with zero attached hydrogens (tertiary/aromatic N) is 5. The molecule has 0 saturated carbocycles. The van der Waals surface area contributed by atoms with Crippen molar-refractivity contribution in [3.63, 3.8) is 0 Å². The molecule has 1 aliphatic carbocycles. The minimum Gasteiger partial charge on any atom is -0.480 e. The Bertz CT molecular complexity index is 6660. The van der Waals surface area contributed by atoms with Crippen molar-refractivity contribution in [2.45, 2.75) is 209 Å². The van der Waals surface area contributed by atoms with Crippen LogP contribution in [0.5, 0.6) is 5.75 Å². The highest BCUT2D eigenvalue weighted by molar-refractivity contribution is 8.00. The van der Waals surface area contributed by atoms with Crippen LogP contribution in [0.4, 0.5) is 20.2 Å². The largest absolute Gasteiger partial charge is 0.480 e. The van der Waals surface area contributed by atoms with Gasteiger partial charge in [0.05, 0.1) is 45.7 Å². The minimum absolute atomic E-state index is 0.0125. The molecular weight excluding hydrogens is 1920 g/mol. The Morgan fingerprint density at radius 3 is 1.89 bits per heavy atom. The highest BCUT2D eigenvalue weighted by Gasteiger charge is 2.46. The fourth-order valence-corrected chi connectivity index (χ4v) is 20.4. The van der Waals surface area contributed by atoms with E-state index in [0.29, 0.717) is 78.2 Å². The van der Waals surface area contributed by atoms with Gasteiger partial charge in [0.25, 0.3) is 35.9 Å². The van der Waals surface area contributed by atoms with E-state index in [1.54, 1.807) is 84.9 Å². The van der Waals surface area contributed by atoms with Crippen molar-refractivity contribution in [1.82, 2.24) is 40.6 Å². The summed E-state index contributed by atoms with van der Waals surface area (Å²) in [4.78, 5) is 161. The average molecular weight is 2040 g/mol. The van der Waals surface area contributed by atoms with E-state index in [1.165, 1.54) is 19.1 Å². The van der Waals surface area contributed by atoms with Crippen molar-refractivity contribution in [3.05, 3.63) is 257 Å². The molecule has 6 aromatic carbocycles. The zero-order chi connectivity index (χ0) is 104. The van der Waals surface area contributed by atoms with E-state index in [4.69, 9.17) is 16.2 Å². The number of rotatable bonds is 49. The lowest BCUT2D eigenvalue weighted by molar-refractivity contribution is -0.438. The number of anilines is 1. The summed E-state index contributed by atoms with van der Waals surface area (Å²) in [6, 6.07) is 28.2. The van der Waals surface area contributed by atoms with Gasteiger partial charge in [-0.3, -0.25) is 66.0 Å². The predicted octanol–water partition coefficient (Wildman–Crippen LogP) is 8.21. The number of amides is 7. The van der Waals surface area contributed by atoms with Crippen LogP contribution >= 0.6 is 11.8 Å². The first-order valence-electron chi connectivity index (χ1n) is 46.1. The number of imide groups is 1. The summed E-state index contributed by atoms with van der Waals surface area (Å²) < 4.78 is 143. The van der Waals surface area contributed by atoms with Crippen LogP contribution in [0.25, 0.3) is 11.1 Å². The summed E-state index contributed by atoms with van der Waals surface area (Å²) in [5.74, 6) is -12.2. The summed E-state index contributed by atoms with van der Waals surface area (Å²) in [7, 11) is -13.1. The third-order valence-corrected chi connectivity index (χ3v) is 29.1. The van der Waals surface area contributed by atoms with Crippen molar-refractivity contribution < 1.29 is 120 Å². The Hall–Kier alpha value is -13.0. The van der Waals surface area contributed by atoms with Gasteiger partial charge in [0.2, 0.25) is 47.0 Å². The fourth-order valence-electron chi connectivity index (χ4n) is 17.6. The molecule has 0 bridgehead atoms. The van der Waals surface area contributed by atoms with Crippen LogP contribution < -0.4 is 58.9 Å². The summed E-state index contributed by atoms with van der Waals surface area (Å²) in [6.45, 7) is 10.3. The van der Waals surface area contributed by atoms with Crippen molar-refractivity contribution in [2.24, 2.45) is 11.5 Å². The molecule has 1 saturated heterocycles. The van der Waals surface area contributed by atoms with E-state index in [0.717, 1.165) is 83.2 Å². The van der Waals surface area contributed by atoms with Crippen LogP contribution in [0.2, 0.25) is 0 Å². The Morgan fingerprint density at radius 1 is 0.620 bits per heavy atom. The van der Waals surface area contributed by atoms with Gasteiger partial charge in [-0.05, 0) is 192 Å². The fraction of sp³-hybridized carbons (Fsp3) is 0.404.